The highest BCUT2D eigenvalue weighted by Gasteiger charge is 2.52. The molecule has 2 N–H and O–H groups in total. The Bertz CT molecular complexity index is 669. The van der Waals surface area contributed by atoms with E-state index in [1.165, 1.54) is 24.3 Å². The second-order valence-electron chi connectivity index (χ2n) is 4.43. The topological polar surface area (TPSA) is 26.0 Å². The summed E-state index contributed by atoms with van der Waals surface area (Å²) in [5, 5.41) is 0. The highest BCUT2D eigenvalue weighted by molar-refractivity contribution is 9.10. The molecule has 0 aliphatic rings. The van der Waals surface area contributed by atoms with Gasteiger partial charge in [0.25, 0.3) is 0 Å². The van der Waals surface area contributed by atoms with Crippen molar-refractivity contribution >= 4 is 15.9 Å². The van der Waals surface area contributed by atoms with Gasteiger partial charge in [0.15, 0.2) is 5.54 Å². The van der Waals surface area contributed by atoms with Gasteiger partial charge in [-0.1, -0.05) is 58.1 Å². The van der Waals surface area contributed by atoms with E-state index in [2.05, 4.69) is 27.8 Å². The molecule has 0 bridgehead atoms. The van der Waals surface area contributed by atoms with Crippen molar-refractivity contribution < 1.29 is 13.2 Å². The summed E-state index contributed by atoms with van der Waals surface area (Å²) in [5.41, 5.74) is 3.26. The number of benzene rings is 2. The molecule has 1 atom stereocenters. The van der Waals surface area contributed by atoms with Gasteiger partial charge in [-0.05, 0) is 29.8 Å². The minimum atomic E-state index is -4.67. The zero-order valence-corrected chi connectivity index (χ0v) is 12.4. The normalized spacial score (nSPS) is 14.0. The van der Waals surface area contributed by atoms with Crippen molar-refractivity contribution in [2.24, 2.45) is 5.73 Å². The molecule has 0 aliphatic heterocycles. The summed E-state index contributed by atoms with van der Waals surface area (Å²) in [4.78, 5) is 0. The number of hydrogen-bond donors (Lipinski definition) is 1. The van der Waals surface area contributed by atoms with Gasteiger partial charge in [-0.2, -0.15) is 13.2 Å². The number of rotatable bonds is 1. The quantitative estimate of drug-likeness (QED) is 0.763. The summed E-state index contributed by atoms with van der Waals surface area (Å²) < 4.78 is 40.8. The third kappa shape index (κ3) is 3.46. The van der Waals surface area contributed by atoms with E-state index in [0.717, 1.165) is 4.47 Å². The third-order valence-electron chi connectivity index (χ3n) is 2.92. The van der Waals surface area contributed by atoms with Crippen LogP contribution in [0.5, 0.6) is 0 Å². The van der Waals surface area contributed by atoms with Crippen molar-refractivity contribution in [3.63, 3.8) is 0 Å². The third-order valence-corrected chi connectivity index (χ3v) is 3.45. The lowest BCUT2D eigenvalue weighted by molar-refractivity contribution is -0.171. The minimum Gasteiger partial charge on any atom is -0.304 e. The van der Waals surface area contributed by atoms with Gasteiger partial charge in [0, 0.05) is 10.0 Å². The van der Waals surface area contributed by atoms with Crippen LogP contribution in [-0.4, -0.2) is 6.18 Å². The molecule has 1 nitrogen and oxygen atoms in total. The lowest BCUT2D eigenvalue weighted by Crippen LogP contribution is -2.49. The van der Waals surface area contributed by atoms with Crippen LogP contribution in [0.1, 0.15) is 11.1 Å². The van der Waals surface area contributed by atoms with Crippen molar-refractivity contribution in [3.05, 3.63) is 70.2 Å². The van der Waals surface area contributed by atoms with Crippen LogP contribution in [0.2, 0.25) is 0 Å². The molecule has 0 saturated heterocycles. The Labute approximate surface area is 129 Å². The van der Waals surface area contributed by atoms with Crippen LogP contribution in [0.25, 0.3) is 0 Å². The van der Waals surface area contributed by atoms with Crippen LogP contribution in [0.15, 0.2) is 59.1 Å². The van der Waals surface area contributed by atoms with E-state index in [0.29, 0.717) is 5.56 Å². The van der Waals surface area contributed by atoms with Crippen LogP contribution in [0.4, 0.5) is 13.2 Å². The second-order valence-corrected chi connectivity index (χ2v) is 5.34. The van der Waals surface area contributed by atoms with E-state index in [9.17, 15) is 13.2 Å². The molecule has 0 saturated carbocycles. The molecule has 0 amide bonds. The molecule has 2 aromatic carbocycles. The average Bonchev–Trinajstić information content (AvgIpc) is 2.46. The predicted molar refractivity (Wildman–Crippen MR) is 79.4 cm³/mol. The molecular formula is C16H11BrF3N. The fourth-order valence-electron chi connectivity index (χ4n) is 1.71. The van der Waals surface area contributed by atoms with Crippen LogP contribution in [0.3, 0.4) is 0 Å². The molecule has 21 heavy (non-hydrogen) atoms. The maximum atomic E-state index is 13.3. The zero-order valence-electron chi connectivity index (χ0n) is 10.8. The Morgan fingerprint density at radius 1 is 0.905 bits per heavy atom. The fourth-order valence-corrected chi connectivity index (χ4v) is 1.98. The highest BCUT2D eigenvalue weighted by Crippen LogP contribution is 2.36. The minimum absolute atomic E-state index is 0.0814. The first-order chi connectivity index (χ1) is 9.83. The lowest BCUT2D eigenvalue weighted by Gasteiger charge is -2.26. The average molecular weight is 354 g/mol. The highest BCUT2D eigenvalue weighted by atomic mass is 79.9. The van der Waals surface area contributed by atoms with Crippen molar-refractivity contribution in [1.29, 1.82) is 0 Å². The van der Waals surface area contributed by atoms with Gasteiger partial charge in [0.1, 0.15) is 0 Å². The number of halogens is 4. The molecule has 0 heterocycles. The Morgan fingerprint density at radius 2 is 1.48 bits per heavy atom. The molecule has 0 fully saturated rings. The van der Waals surface area contributed by atoms with Crippen LogP contribution in [0, 0.1) is 11.8 Å². The van der Waals surface area contributed by atoms with E-state index in [1.54, 1.807) is 30.3 Å². The molecular weight excluding hydrogens is 343 g/mol. The Balaban J connectivity index is 2.46. The van der Waals surface area contributed by atoms with Gasteiger partial charge >= 0.3 is 6.18 Å². The standard InChI is InChI=1S/C16H11BrF3N/c17-14-8-6-12(7-9-14)10-11-15(21,16(18,19)20)13-4-2-1-3-5-13/h1-9H,21H2. The Hall–Kier alpha value is -1.77. The largest absolute Gasteiger partial charge is 0.422 e. The summed E-state index contributed by atoms with van der Waals surface area (Å²) in [7, 11) is 0. The van der Waals surface area contributed by atoms with Gasteiger partial charge < -0.3 is 5.73 Å². The Kier molecular flexibility index (Phi) is 4.40. The number of alkyl halides is 3. The summed E-state index contributed by atoms with van der Waals surface area (Å²) in [6.07, 6.45) is -4.67. The zero-order chi connectivity index (χ0) is 15.5. The van der Waals surface area contributed by atoms with Crippen LogP contribution < -0.4 is 5.73 Å². The monoisotopic (exact) mass is 353 g/mol. The first kappa shape index (κ1) is 15.6. The molecule has 108 valence electrons. The van der Waals surface area contributed by atoms with Gasteiger partial charge in [0.05, 0.1) is 0 Å². The predicted octanol–water partition coefficient (Wildman–Crippen LogP) is 4.22. The summed E-state index contributed by atoms with van der Waals surface area (Å²) >= 11 is 3.25. The Morgan fingerprint density at radius 3 is 2.00 bits per heavy atom. The first-order valence-electron chi connectivity index (χ1n) is 6.03. The fraction of sp³-hybridized carbons (Fsp3) is 0.125. The maximum Gasteiger partial charge on any atom is 0.422 e. The van der Waals surface area contributed by atoms with Crippen molar-refractivity contribution in [3.8, 4) is 11.8 Å². The molecule has 5 heteroatoms. The van der Waals surface area contributed by atoms with Crippen molar-refractivity contribution in [1.82, 2.24) is 0 Å². The van der Waals surface area contributed by atoms with Crippen molar-refractivity contribution in [2.75, 3.05) is 0 Å². The second kappa shape index (κ2) is 5.92. The van der Waals surface area contributed by atoms with Crippen LogP contribution in [-0.2, 0) is 5.54 Å². The van der Waals surface area contributed by atoms with Gasteiger partial charge in [-0.25, -0.2) is 0 Å². The van der Waals surface area contributed by atoms with Gasteiger partial charge in [-0.3, -0.25) is 0 Å². The summed E-state index contributed by atoms with van der Waals surface area (Å²) in [6.45, 7) is 0. The molecule has 0 aliphatic carbocycles. The lowest BCUT2D eigenvalue weighted by atomic mass is 9.90. The van der Waals surface area contributed by atoms with Gasteiger partial charge in [0.2, 0.25) is 0 Å². The molecule has 2 aromatic rings. The summed E-state index contributed by atoms with van der Waals surface area (Å²) in [5.74, 6) is 4.68. The molecule has 0 aromatic heterocycles. The van der Waals surface area contributed by atoms with E-state index in [-0.39, 0.29) is 5.56 Å². The van der Waals surface area contributed by atoms with Gasteiger partial charge in [-0.15, -0.1) is 0 Å². The number of nitrogens with two attached hydrogens (primary N) is 1. The summed E-state index contributed by atoms with van der Waals surface area (Å²) in [6, 6.07) is 13.9. The molecule has 0 radical (unpaired) electrons. The molecule has 2 rings (SSSR count). The van der Waals surface area contributed by atoms with E-state index < -0.39 is 11.7 Å². The van der Waals surface area contributed by atoms with E-state index in [1.807, 2.05) is 0 Å². The molecule has 1 unspecified atom stereocenters. The van der Waals surface area contributed by atoms with Crippen LogP contribution >= 0.6 is 15.9 Å². The SMILES string of the molecule is NC(C#Cc1ccc(Br)cc1)(c1ccccc1)C(F)(F)F. The van der Waals surface area contributed by atoms with E-state index >= 15 is 0 Å². The first-order valence-corrected chi connectivity index (χ1v) is 6.82. The molecule has 0 spiro atoms. The van der Waals surface area contributed by atoms with Crippen molar-refractivity contribution in [2.45, 2.75) is 11.7 Å². The maximum absolute atomic E-state index is 13.3. The smallest absolute Gasteiger partial charge is 0.304 e. The van der Waals surface area contributed by atoms with E-state index in [4.69, 9.17) is 5.73 Å². The number of hydrogen-bond acceptors (Lipinski definition) is 1.